The maximum Gasteiger partial charge on any atom is 0.186 e. The van der Waals surface area contributed by atoms with Crippen LogP contribution in [0, 0.1) is 0 Å². The van der Waals surface area contributed by atoms with Crippen LogP contribution in [-0.2, 0) is 6.42 Å². The Morgan fingerprint density at radius 2 is 1.69 bits per heavy atom. The number of aromatic amines is 1. The maximum absolute atomic E-state index is 13.5. The first-order chi connectivity index (χ1) is 14.3. The van der Waals surface area contributed by atoms with E-state index in [1.807, 2.05) is 79.0 Å². The molecule has 0 amide bonds. The molecule has 3 aromatic carbocycles. The van der Waals surface area contributed by atoms with E-state index >= 15 is 0 Å². The number of benzene rings is 3. The van der Waals surface area contributed by atoms with Gasteiger partial charge in [0.15, 0.2) is 5.78 Å². The number of hydrogen-bond donors (Lipinski definition) is 2. The fraction of sp³-hybridized carbons (Fsp3) is 0.160. The smallest absolute Gasteiger partial charge is 0.186 e. The van der Waals surface area contributed by atoms with Gasteiger partial charge in [0.05, 0.1) is 13.2 Å². The molecule has 0 radical (unpaired) electrons. The number of carbonyl (C=O) groups excluding carboxylic acids is 1. The van der Waals surface area contributed by atoms with Crippen LogP contribution >= 0.6 is 0 Å². The van der Waals surface area contributed by atoms with Crippen molar-refractivity contribution < 1.29 is 9.53 Å². The molecule has 4 aromatic rings. The van der Waals surface area contributed by atoms with Crippen molar-refractivity contribution in [3.05, 3.63) is 102 Å². The van der Waals surface area contributed by atoms with Gasteiger partial charge >= 0.3 is 0 Å². The Morgan fingerprint density at radius 1 is 0.966 bits per heavy atom. The molecule has 0 bridgehead atoms. The molecule has 0 unspecified atom stereocenters. The van der Waals surface area contributed by atoms with Crippen molar-refractivity contribution in [2.75, 3.05) is 13.7 Å². The van der Waals surface area contributed by atoms with Crippen molar-refractivity contribution in [3.8, 4) is 5.75 Å². The molecule has 0 spiro atoms. The molecule has 0 saturated heterocycles. The van der Waals surface area contributed by atoms with Gasteiger partial charge in [-0.2, -0.15) is 0 Å². The SMILES string of the molecule is COc1ccccc1CCN[C@H](C(=O)c1c[nH]c2ccccc12)c1ccccc1. The summed E-state index contributed by atoms with van der Waals surface area (Å²) in [6.07, 6.45) is 2.58. The standard InChI is InChI=1S/C25H24N2O2/c1-29-23-14-8-5-9-18(23)15-16-26-24(19-10-3-2-4-11-19)25(28)21-17-27-22-13-7-6-12-20(21)22/h2-14,17,24,26-27H,15-16H2,1H3/t24-/m0/s1. The quantitative estimate of drug-likeness (QED) is 0.423. The summed E-state index contributed by atoms with van der Waals surface area (Å²) >= 11 is 0. The molecule has 0 aliphatic carbocycles. The van der Waals surface area contributed by atoms with Gasteiger partial charge in [0.1, 0.15) is 5.75 Å². The van der Waals surface area contributed by atoms with Gasteiger partial charge in [-0.15, -0.1) is 0 Å². The molecule has 4 rings (SSSR count). The number of H-pyrrole nitrogens is 1. The second-order valence-electron chi connectivity index (χ2n) is 6.97. The highest BCUT2D eigenvalue weighted by Gasteiger charge is 2.23. The Morgan fingerprint density at radius 3 is 2.52 bits per heavy atom. The van der Waals surface area contributed by atoms with Crippen molar-refractivity contribution in [1.29, 1.82) is 0 Å². The summed E-state index contributed by atoms with van der Waals surface area (Å²) < 4.78 is 5.44. The van der Waals surface area contributed by atoms with Gasteiger partial charge in [-0.3, -0.25) is 4.79 Å². The Kier molecular flexibility index (Phi) is 5.73. The Labute approximate surface area is 170 Å². The van der Waals surface area contributed by atoms with Crippen LogP contribution < -0.4 is 10.1 Å². The first-order valence-corrected chi connectivity index (χ1v) is 9.78. The van der Waals surface area contributed by atoms with E-state index < -0.39 is 6.04 Å². The average Bonchev–Trinajstić information content (AvgIpc) is 3.21. The van der Waals surface area contributed by atoms with Crippen LogP contribution in [0.15, 0.2) is 85.1 Å². The molecular formula is C25H24N2O2. The third kappa shape index (κ3) is 4.08. The highest BCUT2D eigenvalue weighted by atomic mass is 16.5. The lowest BCUT2D eigenvalue weighted by Crippen LogP contribution is -2.30. The minimum absolute atomic E-state index is 0.0636. The van der Waals surface area contributed by atoms with E-state index in [9.17, 15) is 4.79 Å². The average molecular weight is 384 g/mol. The fourth-order valence-corrected chi connectivity index (χ4v) is 3.70. The molecule has 146 valence electrons. The number of methoxy groups -OCH3 is 1. The summed E-state index contributed by atoms with van der Waals surface area (Å²) in [4.78, 5) is 16.7. The van der Waals surface area contributed by atoms with Crippen LogP contribution in [0.5, 0.6) is 5.75 Å². The Balaban J connectivity index is 1.58. The van der Waals surface area contributed by atoms with Gasteiger partial charge in [0.25, 0.3) is 0 Å². The zero-order chi connectivity index (χ0) is 20.1. The van der Waals surface area contributed by atoms with Gasteiger partial charge in [0, 0.05) is 29.2 Å². The van der Waals surface area contributed by atoms with Crippen molar-refractivity contribution in [2.45, 2.75) is 12.5 Å². The van der Waals surface area contributed by atoms with E-state index in [4.69, 9.17) is 4.74 Å². The summed E-state index contributed by atoms with van der Waals surface area (Å²) in [7, 11) is 1.68. The summed E-state index contributed by atoms with van der Waals surface area (Å²) in [6, 6.07) is 25.3. The van der Waals surface area contributed by atoms with Gasteiger partial charge in [-0.05, 0) is 29.7 Å². The number of aromatic nitrogens is 1. The topological polar surface area (TPSA) is 54.1 Å². The Bertz CT molecular complexity index is 1100. The molecule has 29 heavy (non-hydrogen) atoms. The second kappa shape index (κ2) is 8.76. The zero-order valence-electron chi connectivity index (χ0n) is 16.4. The molecule has 0 aliphatic heterocycles. The van der Waals surface area contributed by atoms with E-state index in [2.05, 4.69) is 16.4 Å². The van der Waals surface area contributed by atoms with Crippen molar-refractivity contribution >= 4 is 16.7 Å². The van der Waals surface area contributed by atoms with Crippen molar-refractivity contribution in [3.63, 3.8) is 0 Å². The number of fused-ring (bicyclic) bond motifs is 1. The summed E-state index contributed by atoms with van der Waals surface area (Å²) in [5, 5.41) is 4.42. The van der Waals surface area contributed by atoms with E-state index in [1.54, 1.807) is 7.11 Å². The lowest BCUT2D eigenvalue weighted by Gasteiger charge is -2.18. The van der Waals surface area contributed by atoms with Gasteiger partial charge in [-0.25, -0.2) is 0 Å². The number of carbonyl (C=O) groups is 1. The molecule has 0 fully saturated rings. The van der Waals surface area contributed by atoms with E-state index in [1.165, 1.54) is 0 Å². The van der Waals surface area contributed by atoms with E-state index in [-0.39, 0.29) is 5.78 Å². The summed E-state index contributed by atoms with van der Waals surface area (Å²) in [5.74, 6) is 0.933. The van der Waals surface area contributed by atoms with Gasteiger partial charge in [0.2, 0.25) is 0 Å². The molecule has 0 saturated carbocycles. The monoisotopic (exact) mass is 384 g/mol. The molecule has 4 heteroatoms. The number of para-hydroxylation sites is 2. The third-order valence-corrected chi connectivity index (χ3v) is 5.19. The minimum Gasteiger partial charge on any atom is -0.496 e. The highest BCUT2D eigenvalue weighted by molar-refractivity contribution is 6.10. The number of rotatable bonds is 8. The first-order valence-electron chi connectivity index (χ1n) is 9.78. The molecule has 4 nitrogen and oxygen atoms in total. The van der Waals surface area contributed by atoms with Crippen LogP contribution in [0.4, 0.5) is 0 Å². The second-order valence-corrected chi connectivity index (χ2v) is 6.97. The molecule has 1 heterocycles. The minimum atomic E-state index is -0.412. The number of ketones is 1. The number of ether oxygens (including phenoxy) is 1. The van der Waals surface area contributed by atoms with Crippen molar-refractivity contribution in [1.82, 2.24) is 10.3 Å². The molecule has 2 N–H and O–H groups in total. The molecule has 1 aromatic heterocycles. The van der Waals surface area contributed by atoms with Crippen LogP contribution in [0.3, 0.4) is 0 Å². The van der Waals surface area contributed by atoms with Crippen molar-refractivity contribution in [2.24, 2.45) is 0 Å². The van der Waals surface area contributed by atoms with Gasteiger partial charge < -0.3 is 15.0 Å². The lowest BCUT2D eigenvalue weighted by atomic mass is 9.96. The van der Waals surface area contributed by atoms with Crippen LogP contribution in [0.1, 0.15) is 27.5 Å². The third-order valence-electron chi connectivity index (χ3n) is 5.19. The molecule has 0 aliphatic rings. The Hall–Kier alpha value is -3.37. The van der Waals surface area contributed by atoms with Gasteiger partial charge in [-0.1, -0.05) is 66.7 Å². The van der Waals surface area contributed by atoms with E-state index in [0.717, 1.165) is 34.2 Å². The predicted octanol–water partition coefficient (Wildman–Crippen LogP) is 4.93. The highest BCUT2D eigenvalue weighted by Crippen LogP contribution is 2.25. The van der Waals surface area contributed by atoms with Crippen LogP contribution in [0.2, 0.25) is 0 Å². The lowest BCUT2D eigenvalue weighted by molar-refractivity contribution is 0.0945. The normalized spacial score (nSPS) is 12.0. The van der Waals surface area contributed by atoms with E-state index in [0.29, 0.717) is 12.1 Å². The summed E-state index contributed by atoms with van der Waals surface area (Å²) in [5.41, 5.74) is 3.76. The molecular weight excluding hydrogens is 360 g/mol. The first kappa shape index (κ1) is 19.0. The van der Waals surface area contributed by atoms with Crippen LogP contribution in [-0.4, -0.2) is 24.4 Å². The molecule has 1 atom stereocenters. The summed E-state index contributed by atoms with van der Waals surface area (Å²) in [6.45, 7) is 0.661. The number of nitrogens with one attached hydrogen (secondary N) is 2. The maximum atomic E-state index is 13.5. The number of Topliss-reactive ketones (excluding diaryl/α,β-unsaturated/α-hetero) is 1. The zero-order valence-corrected chi connectivity index (χ0v) is 16.4. The number of hydrogen-bond acceptors (Lipinski definition) is 3. The largest absolute Gasteiger partial charge is 0.496 e. The fourth-order valence-electron chi connectivity index (χ4n) is 3.70. The van der Waals surface area contributed by atoms with Crippen LogP contribution in [0.25, 0.3) is 10.9 Å². The predicted molar refractivity (Wildman–Crippen MR) is 117 cm³/mol.